The first kappa shape index (κ1) is 66.4. The molecule has 4 N–H and O–H groups in total. The van der Waals surface area contributed by atoms with Crippen molar-refractivity contribution < 1.29 is 106 Å². The van der Waals surface area contributed by atoms with E-state index in [0.717, 1.165) is 94.2 Å². The second kappa shape index (κ2) is 25.7. The summed E-state index contributed by atoms with van der Waals surface area (Å²) in [5.41, 5.74) is -5.71. The van der Waals surface area contributed by atoms with Gasteiger partial charge in [0.1, 0.15) is 36.6 Å². The van der Waals surface area contributed by atoms with E-state index in [1.165, 1.54) is 51.5 Å². The Morgan fingerprint density at radius 1 is 0.473 bits per heavy atom. The quantitative estimate of drug-likeness (QED) is 0.113. The summed E-state index contributed by atoms with van der Waals surface area (Å²) < 4.78 is 61.5. The molecule has 0 unspecified atom stereocenters. The number of aliphatic hydroxyl groups excluding tert-OH is 3. The second-order valence-electron chi connectivity index (χ2n) is 24.6. The number of allylic oxidation sites excluding steroid dienone is 4. The molecule has 0 aromatic heterocycles. The summed E-state index contributed by atoms with van der Waals surface area (Å²) >= 11 is 2.23. The van der Waals surface area contributed by atoms with Gasteiger partial charge >= 0.3 is 0 Å². The first-order chi connectivity index (χ1) is 43.5. The van der Waals surface area contributed by atoms with Gasteiger partial charge in [0, 0.05) is 67.8 Å². The number of hydrogen-bond acceptors (Lipinski definition) is 22. The van der Waals surface area contributed by atoms with Crippen LogP contribution in [0.1, 0.15) is 116 Å². The van der Waals surface area contributed by atoms with Crippen LogP contribution in [-0.4, -0.2) is 218 Å². The summed E-state index contributed by atoms with van der Waals surface area (Å²) in [7, 11) is 0. The van der Waals surface area contributed by atoms with Crippen molar-refractivity contribution in [2.24, 2.45) is 0 Å². The van der Waals surface area contributed by atoms with Crippen molar-refractivity contribution in [1.29, 1.82) is 0 Å². The Balaban J connectivity index is 0.000000125. The van der Waals surface area contributed by atoms with Crippen molar-refractivity contribution in [3.8, 4) is 49.4 Å². The van der Waals surface area contributed by atoms with E-state index in [-0.39, 0.29) is 79.4 Å². The van der Waals surface area contributed by atoms with Crippen molar-refractivity contribution in [2.45, 2.75) is 230 Å². The van der Waals surface area contributed by atoms with Crippen LogP contribution in [0.15, 0.2) is 49.1 Å². The SMILES string of the molecule is C#C[C@@]1(O)[C@H](O)[C@@H](CO)O[C@H]1N1C=CC(=O)CC1=O.C#C[C@@]12OC3(CCCC3)O[C@@H]1[C@@H](CC)O[C@H]2N1C=CC(=O)CC1=O.C#C[C@@]12OC3(CCCC3)O[C@@H]1[C@@H](CI)O[C@H]2N1C=CC(=O)CC1=O.C#C[C@@]12OC3(CCCC3)O[C@@H]1[C@@H](CO)O[C@H]2N1C=CC(=O)CC1=O. The molecule has 14 aliphatic rings. The average molecular weight is 1380 g/mol. The Hall–Kier alpha value is -6.07. The minimum Gasteiger partial charge on any atom is -0.394 e. The monoisotopic (exact) mass is 1370 g/mol. The maximum atomic E-state index is 12.4. The van der Waals surface area contributed by atoms with Gasteiger partial charge in [-0.25, -0.2) is 0 Å². The summed E-state index contributed by atoms with van der Waals surface area (Å²) in [5.74, 6) is 5.28. The van der Waals surface area contributed by atoms with Crippen LogP contribution in [0, 0.1) is 49.4 Å². The molecule has 0 bridgehead atoms. The maximum Gasteiger partial charge on any atom is 0.236 e. The van der Waals surface area contributed by atoms with E-state index < -0.39 is 120 Å². The van der Waals surface area contributed by atoms with Gasteiger partial charge in [-0.3, -0.25) is 58.0 Å². The number of fused-ring (bicyclic) bond motifs is 3. The zero-order valence-corrected chi connectivity index (χ0v) is 52.0. The van der Waals surface area contributed by atoms with Gasteiger partial charge in [0.05, 0.1) is 51.1 Å². The largest absolute Gasteiger partial charge is 0.394 e. The molecule has 0 aromatic rings. The number of nitrogens with zero attached hydrogens (tertiary/aromatic N) is 4. The number of ketones is 4. The fourth-order valence-corrected chi connectivity index (χ4v) is 15.1. The van der Waals surface area contributed by atoms with Crippen molar-refractivity contribution in [1.82, 2.24) is 19.6 Å². The Morgan fingerprint density at radius 3 is 1.07 bits per heavy atom. The molecule has 14 rings (SSSR count). The summed E-state index contributed by atoms with van der Waals surface area (Å²) in [5, 5.41) is 38.8. The highest BCUT2D eigenvalue weighted by atomic mass is 127. The molecule has 10 fully saturated rings. The highest BCUT2D eigenvalue weighted by molar-refractivity contribution is 14.1. The third-order valence-corrected chi connectivity index (χ3v) is 19.8. The summed E-state index contributed by atoms with van der Waals surface area (Å²) in [6.07, 6.45) is 34.8. The molecule has 0 aromatic carbocycles. The molecular formula is C64H71IN4O22. The van der Waals surface area contributed by atoms with E-state index in [1.807, 2.05) is 12.8 Å². The molecule has 4 amide bonds. The molecule has 26 nitrogen and oxygen atoms in total. The molecule has 3 aliphatic carbocycles. The van der Waals surface area contributed by atoms with Crippen LogP contribution in [0.5, 0.6) is 0 Å². The van der Waals surface area contributed by atoms with Crippen LogP contribution in [0.3, 0.4) is 0 Å². The number of halogens is 1. The van der Waals surface area contributed by atoms with Gasteiger partial charge < -0.3 is 67.8 Å². The third kappa shape index (κ3) is 11.4. The van der Waals surface area contributed by atoms with Gasteiger partial charge in [-0.05, 0) is 69.2 Å². The smallest absolute Gasteiger partial charge is 0.236 e. The fraction of sp³-hybridized carbons (Fsp3) is 0.625. The van der Waals surface area contributed by atoms with E-state index in [2.05, 4.69) is 40.4 Å². The molecule has 3 spiro atoms. The number of carbonyl (C=O) groups is 8. The maximum absolute atomic E-state index is 12.4. The lowest BCUT2D eigenvalue weighted by atomic mass is 9.93. The lowest BCUT2D eigenvalue weighted by molar-refractivity contribution is -0.230. The lowest BCUT2D eigenvalue weighted by Crippen LogP contribution is -2.55. The average Bonchev–Trinajstić information content (AvgIpc) is 1.57. The summed E-state index contributed by atoms with van der Waals surface area (Å²) in [6, 6.07) is 0. The van der Waals surface area contributed by atoms with E-state index in [0.29, 0.717) is 10.8 Å². The van der Waals surface area contributed by atoms with Gasteiger partial charge in [0.2, 0.25) is 40.4 Å². The molecule has 486 valence electrons. The van der Waals surface area contributed by atoms with Gasteiger partial charge in [-0.15, -0.1) is 25.7 Å². The van der Waals surface area contributed by atoms with Gasteiger partial charge in [0.25, 0.3) is 0 Å². The van der Waals surface area contributed by atoms with E-state index >= 15 is 0 Å². The number of terminal acetylenes is 4. The zero-order valence-electron chi connectivity index (χ0n) is 49.8. The molecule has 3 saturated carbocycles. The summed E-state index contributed by atoms with van der Waals surface area (Å²) in [4.78, 5) is 99.2. The Bertz CT molecular complexity index is 3000. The number of amides is 4. The number of rotatable bonds is 8. The molecule has 11 heterocycles. The molecule has 0 radical (unpaired) electrons. The number of carbonyl (C=O) groups excluding carboxylic acids is 8. The van der Waals surface area contributed by atoms with Crippen LogP contribution >= 0.6 is 22.6 Å². The zero-order chi connectivity index (χ0) is 65.1. The van der Waals surface area contributed by atoms with Crippen molar-refractivity contribution in [3.05, 3.63) is 49.1 Å². The van der Waals surface area contributed by atoms with Crippen molar-refractivity contribution in [3.63, 3.8) is 0 Å². The van der Waals surface area contributed by atoms with E-state index in [4.69, 9.17) is 78.2 Å². The van der Waals surface area contributed by atoms with Crippen LogP contribution < -0.4 is 0 Å². The number of ether oxygens (including phenoxy) is 10. The highest BCUT2D eigenvalue weighted by Gasteiger charge is 2.72. The normalized spacial score (nSPS) is 40.0. The topological polar surface area (TPSA) is 323 Å². The first-order valence-corrected chi connectivity index (χ1v) is 32.0. The Kier molecular flexibility index (Phi) is 18.7. The molecule has 27 heteroatoms. The van der Waals surface area contributed by atoms with Gasteiger partial charge in [0.15, 0.2) is 71.0 Å². The van der Waals surface area contributed by atoms with Gasteiger partial charge in [-0.2, -0.15) is 0 Å². The predicted molar refractivity (Wildman–Crippen MR) is 316 cm³/mol. The van der Waals surface area contributed by atoms with E-state index in [1.54, 1.807) is 0 Å². The number of aliphatic hydroxyl groups is 4. The van der Waals surface area contributed by atoms with Gasteiger partial charge in [-0.1, -0.05) is 53.2 Å². The second-order valence-corrected chi connectivity index (χ2v) is 25.5. The van der Waals surface area contributed by atoms with Crippen molar-refractivity contribution >= 4 is 69.4 Å². The number of alkyl halides is 1. The third-order valence-electron chi connectivity index (χ3n) is 18.9. The minimum atomic E-state index is -2.15. The Morgan fingerprint density at radius 2 is 0.769 bits per heavy atom. The Labute approximate surface area is 538 Å². The minimum absolute atomic E-state index is 0.176. The van der Waals surface area contributed by atoms with Crippen LogP contribution in [0.25, 0.3) is 0 Å². The lowest BCUT2D eigenvalue weighted by Gasteiger charge is -2.36. The molecule has 11 aliphatic heterocycles. The van der Waals surface area contributed by atoms with Crippen LogP contribution in [-0.2, 0) is 85.7 Å². The van der Waals surface area contributed by atoms with Crippen LogP contribution in [0.2, 0.25) is 0 Å². The van der Waals surface area contributed by atoms with Crippen LogP contribution in [0.4, 0.5) is 0 Å². The fourth-order valence-electron chi connectivity index (χ4n) is 14.5. The highest BCUT2D eigenvalue weighted by Crippen LogP contribution is 2.56. The molecule has 91 heavy (non-hydrogen) atoms. The molecule has 7 saturated heterocycles. The van der Waals surface area contributed by atoms with E-state index in [9.17, 15) is 53.7 Å². The first-order valence-electron chi connectivity index (χ1n) is 30.5. The number of hydrogen-bond donors (Lipinski definition) is 4. The summed E-state index contributed by atoms with van der Waals surface area (Å²) in [6.45, 7) is 1.13. The molecular weight excluding hydrogens is 1300 g/mol. The standard InChI is InChI=1S/C18H21NO5.C17H18INO5.C17H19NO6.C12H13NO6/c1-3-13-15-18(4-2,24-17(23-15)8-5-6-9-17)16(22-13)19-10-7-12(20)11-14(19)21;1-2-17-14(23-16(24-17)6-3-4-7-16)12(10-18)22-15(17)19-8-5-11(20)9-13(19)21;1-2-17-14(23-16(24-17)6-3-4-7-16)12(10-19)22-15(17)18-8-5-11(20)9-13(18)21;1-2-12(18)10(17)8(6-14)19-11(12)13-4-3-7(15)5-9(13)16/h2,7,10,13,15-16H,3,5-6,8-9,11H2,1H3;1,5,8,12,14-15H,3-4,6-7,9-10H2;1,5,8,12,14-15,19H,3-4,6-7,9-10H2;1,3-4,8,10-11,14,17-18H,5-6H2/t13-,15-,16-,18-;2*12-,14-,15-,17-;8-,10-,11-,12-/m1111/s1. The predicted octanol–water partition coefficient (Wildman–Crippen LogP) is 0.834. The molecule has 16 atom stereocenters. The van der Waals surface area contributed by atoms with Crippen molar-refractivity contribution in [2.75, 3.05) is 17.6 Å².